The molecule has 0 saturated carbocycles. The van der Waals surface area contributed by atoms with Crippen LogP contribution in [0.5, 0.6) is 0 Å². The first-order chi connectivity index (χ1) is 20.3. The third-order valence-corrected chi connectivity index (χ3v) is 8.84. The van der Waals surface area contributed by atoms with Gasteiger partial charge in [0.15, 0.2) is 5.65 Å². The van der Waals surface area contributed by atoms with E-state index in [2.05, 4.69) is 105 Å². The molecule has 5 heteroatoms. The molecule has 5 aromatic heterocycles. The van der Waals surface area contributed by atoms with Gasteiger partial charge < -0.3 is 4.40 Å². The van der Waals surface area contributed by atoms with Crippen LogP contribution >= 0.6 is 0 Å². The second-order valence-electron chi connectivity index (χ2n) is 10.9. The van der Waals surface area contributed by atoms with E-state index in [4.69, 9.17) is 9.97 Å². The van der Waals surface area contributed by atoms with Crippen LogP contribution in [0.4, 0.5) is 0 Å². The van der Waals surface area contributed by atoms with Crippen LogP contribution in [0.15, 0.2) is 109 Å². The molecule has 0 aliphatic carbocycles. The van der Waals surface area contributed by atoms with Crippen molar-refractivity contribution in [3.8, 4) is 5.95 Å². The van der Waals surface area contributed by atoms with Crippen LogP contribution in [0.25, 0.3) is 87.7 Å². The molecule has 0 amide bonds. The summed E-state index contributed by atoms with van der Waals surface area (Å²) in [4.78, 5) is 14.6. The number of nitrogens with zero attached hydrogens (tertiary/aromatic N) is 5. The number of hydrogen-bond acceptors (Lipinski definition) is 3. The molecule has 0 radical (unpaired) electrons. The third-order valence-electron chi connectivity index (χ3n) is 8.84. The first-order valence-corrected chi connectivity index (χ1v) is 13.9. The Labute approximate surface area is 233 Å². The van der Waals surface area contributed by atoms with Crippen LogP contribution in [0, 0.1) is 6.92 Å². The lowest BCUT2D eigenvalue weighted by atomic mass is 10.0. The van der Waals surface area contributed by atoms with Crippen molar-refractivity contribution in [3.05, 3.63) is 115 Å². The summed E-state index contributed by atoms with van der Waals surface area (Å²) in [5.41, 5.74) is 7.58. The summed E-state index contributed by atoms with van der Waals surface area (Å²) in [6.45, 7) is 2.04. The molecule has 5 aromatic carbocycles. The van der Waals surface area contributed by atoms with Gasteiger partial charge in [-0.05, 0) is 42.6 Å². The molecule has 0 saturated heterocycles. The van der Waals surface area contributed by atoms with E-state index in [-0.39, 0.29) is 0 Å². The molecule has 5 nitrogen and oxygen atoms in total. The Morgan fingerprint density at radius 2 is 1.29 bits per heavy atom. The van der Waals surface area contributed by atoms with E-state index in [1.165, 1.54) is 59.6 Å². The first-order valence-electron chi connectivity index (χ1n) is 13.9. The largest absolute Gasteiger partial charge is 0.307 e. The second kappa shape index (κ2) is 7.34. The van der Waals surface area contributed by atoms with Crippen molar-refractivity contribution in [1.82, 2.24) is 23.9 Å². The summed E-state index contributed by atoms with van der Waals surface area (Å²) in [7, 11) is 0. The van der Waals surface area contributed by atoms with Gasteiger partial charge in [-0.15, -0.1) is 0 Å². The number of pyridine rings is 1. The fraction of sp³-hybridized carbons (Fsp3) is 0.0278. The van der Waals surface area contributed by atoms with Gasteiger partial charge in [0.25, 0.3) is 0 Å². The quantitative estimate of drug-likeness (QED) is 0.216. The van der Waals surface area contributed by atoms with Crippen molar-refractivity contribution in [2.24, 2.45) is 0 Å². The van der Waals surface area contributed by atoms with Crippen LogP contribution in [0.3, 0.4) is 0 Å². The van der Waals surface area contributed by atoms with E-state index in [0.29, 0.717) is 11.6 Å². The normalized spacial score (nSPS) is 12.5. The molecular formula is C36H21N5. The van der Waals surface area contributed by atoms with Gasteiger partial charge in [0.2, 0.25) is 5.95 Å². The maximum Gasteiger partial charge on any atom is 0.236 e. The zero-order chi connectivity index (χ0) is 26.8. The minimum absolute atomic E-state index is 0.645. The number of fused-ring (bicyclic) bond motifs is 13. The molecule has 0 spiro atoms. The summed E-state index contributed by atoms with van der Waals surface area (Å²) < 4.78 is 4.72. The Morgan fingerprint density at radius 3 is 2.20 bits per heavy atom. The number of rotatable bonds is 1. The van der Waals surface area contributed by atoms with Crippen molar-refractivity contribution in [1.29, 1.82) is 0 Å². The van der Waals surface area contributed by atoms with Crippen molar-refractivity contribution in [2.75, 3.05) is 0 Å². The molecule has 0 atom stereocenters. The average molecular weight is 524 g/mol. The maximum atomic E-state index is 5.03. The number of aromatic nitrogens is 5. The Morgan fingerprint density at radius 1 is 0.537 bits per heavy atom. The van der Waals surface area contributed by atoms with Crippen LogP contribution in [0.1, 0.15) is 5.69 Å². The molecule has 0 fully saturated rings. The van der Waals surface area contributed by atoms with Gasteiger partial charge in [-0.3, -0.25) is 4.57 Å². The molecule has 5 heterocycles. The minimum Gasteiger partial charge on any atom is -0.307 e. The number of hydrogen-bond donors (Lipinski definition) is 0. The number of para-hydroxylation sites is 2. The lowest BCUT2D eigenvalue weighted by Gasteiger charge is -2.09. The lowest BCUT2D eigenvalue weighted by molar-refractivity contribution is 0.981. The van der Waals surface area contributed by atoms with Gasteiger partial charge in [-0.25, -0.2) is 9.97 Å². The Hall–Kier alpha value is -5.55. The second-order valence-corrected chi connectivity index (χ2v) is 10.9. The third kappa shape index (κ3) is 2.54. The van der Waals surface area contributed by atoms with Gasteiger partial charge >= 0.3 is 0 Å². The molecule has 190 valence electrons. The average Bonchev–Trinajstić information content (AvgIpc) is 3.65. The van der Waals surface area contributed by atoms with E-state index in [9.17, 15) is 0 Å². The summed E-state index contributed by atoms with van der Waals surface area (Å²) in [5, 5.41) is 10.9. The summed E-state index contributed by atoms with van der Waals surface area (Å²) in [6, 6.07) is 37.0. The molecule has 10 aromatic rings. The molecule has 0 N–H and O–H groups in total. The standard InChI is InChI=1S/C36H21N5/c1-20-22-13-8-18-37-35(22)39-36(38-20)40-29-15-7-5-12-25(29)31-30(40)19-27-24-11-4-6-14-28(24)41-33-23-10-3-2-9-21(23)16-17-26(33)32(31)34(27)41/h2-19H,1H3. The maximum absolute atomic E-state index is 5.03. The molecule has 0 aliphatic heterocycles. The van der Waals surface area contributed by atoms with Crippen LogP contribution in [-0.2, 0) is 0 Å². The molecule has 41 heavy (non-hydrogen) atoms. The highest BCUT2D eigenvalue weighted by molar-refractivity contribution is 6.37. The SMILES string of the molecule is Cc1nc(-n2c3ccccc3c3c4c5ccc6ccccc6c5n5c6ccccc6c(cc32)c45)nc2ncccc12. The fourth-order valence-electron chi connectivity index (χ4n) is 7.18. The van der Waals surface area contributed by atoms with Crippen LogP contribution in [0.2, 0.25) is 0 Å². The highest BCUT2D eigenvalue weighted by Gasteiger charge is 2.25. The van der Waals surface area contributed by atoms with Crippen molar-refractivity contribution in [2.45, 2.75) is 6.92 Å². The van der Waals surface area contributed by atoms with Gasteiger partial charge in [-0.1, -0.05) is 72.8 Å². The molecule has 0 bridgehead atoms. The summed E-state index contributed by atoms with van der Waals surface area (Å²) >= 11 is 0. The monoisotopic (exact) mass is 523 g/mol. The highest BCUT2D eigenvalue weighted by atomic mass is 15.2. The van der Waals surface area contributed by atoms with E-state index >= 15 is 0 Å². The highest BCUT2D eigenvalue weighted by Crippen LogP contribution is 2.47. The predicted octanol–water partition coefficient (Wildman–Crippen LogP) is 8.73. The number of aryl methyl sites for hydroxylation is 1. The zero-order valence-electron chi connectivity index (χ0n) is 22.1. The number of benzene rings is 5. The summed E-state index contributed by atoms with van der Waals surface area (Å²) in [5.74, 6) is 0.645. The topological polar surface area (TPSA) is 48.0 Å². The smallest absolute Gasteiger partial charge is 0.236 e. The van der Waals surface area contributed by atoms with E-state index in [0.717, 1.165) is 22.1 Å². The minimum atomic E-state index is 0.645. The van der Waals surface area contributed by atoms with Gasteiger partial charge in [0, 0.05) is 49.3 Å². The van der Waals surface area contributed by atoms with Crippen molar-refractivity contribution in [3.63, 3.8) is 0 Å². The van der Waals surface area contributed by atoms with E-state index in [1.807, 2.05) is 19.1 Å². The molecule has 0 aliphatic rings. The Bertz CT molecular complexity index is 2710. The van der Waals surface area contributed by atoms with Crippen molar-refractivity contribution >= 4 is 81.7 Å². The van der Waals surface area contributed by atoms with Crippen LogP contribution < -0.4 is 0 Å². The zero-order valence-corrected chi connectivity index (χ0v) is 22.1. The van der Waals surface area contributed by atoms with E-state index in [1.54, 1.807) is 6.20 Å². The fourth-order valence-corrected chi connectivity index (χ4v) is 7.18. The lowest BCUT2D eigenvalue weighted by Crippen LogP contribution is -2.04. The Kier molecular flexibility index (Phi) is 3.81. The molecule has 0 unspecified atom stereocenters. The van der Waals surface area contributed by atoms with Gasteiger partial charge in [0.1, 0.15) is 0 Å². The summed E-state index contributed by atoms with van der Waals surface area (Å²) in [6.07, 6.45) is 1.80. The Balaban J connectivity index is 1.52. The van der Waals surface area contributed by atoms with Gasteiger partial charge in [-0.2, -0.15) is 4.98 Å². The van der Waals surface area contributed by atoms with E-state index < -0.39 is 0 Å². The molecular weight excluding hydrogens is 502 g/mol. The predicted molar refractivity (Wildman–Crippen MR) is 169 cm³/mol. The van der Waals surface area contributed by atoms with Crippen molar-refractivity contribution < 1.29 is 0 Å². The first kappa shape index (κ1) is 21.3. The van der Waals surface area contributed by atoms with Gasteiger partial charge in [0.05, 0.1) is 33.3 Å². The van der Waals surface area contributed by atoms with Crippen LogP contribution in [-0.4, -0.2) is 23.9 Å². The molecule has 10 rings (SSSR count).